The summed E-state index contributed by atoms with van der Waals surface area (Å²) < 4.78 is 33.4. The highest BCUT2D eigenvalue weighted by Crippen LogP contribution is 2.33. The van der Waals surface area contributed by atoms with Crippen LogP contribution in [-0.2, 0) is 16.0 Å². The van der Waals surface area contributed by atoms with Gasteiger partial charge >= 0.3 is 0 Å². The zero-order valence-electron chi connectivity index (χ0n) is 15.5. The van der Waals surface area contributed by atoms with Gasteiger partial charge in [0, 0.05) is 43.9 Å². The van der Waals surface area contributed by atoms with Crippen molar-refractivity contribution >= 4 is 28.5 Å². The highest BCUT2D eigenvalue weighted by atomic mass is 35.5. The monoisotopic (exact) mass is 412 g/mol. The molecule has 1 aromatic carbocycles. The minimum Gasteiger partial charge on any atom is -0.379 e. The number of carbonyl (C=O) groups excluding carboxylic acids is 1. The van der Waals surface area contributed by atoms with Gasteiger partial charge in [-0.1, -0.05) is 11.6 Å². The number of nitrogens with one attached hydrogen (secondary N) is 1. The van der Waals surface area contributed by atoms with Gasteiger partial charge in [0.25, 0.3) is 5.92 Å². The molecule has 2 saturated heterocycles. The minimum absolute atomic E-state index is 0.142. The molecule has 0 radical (unpaired) electrons. The Labute approximate surface area is 166 Å². The smallest absolute Gasteiger partial charge is 0.267 e. The minimum atomic E-state index is -2.83. The molecular formula is C19H23ClF2N4O2. The summed E-state index contributed by atoms with van der Waals surface area (Å²) in [7, 11) is 0. The Morgan fingerprint density at radius 1 is 1.36 bits per heavy atom. The highest BCUT2D eigenvalue weighted by molar-refractivity contribution is 6.31. The van der Waals surface area contributed by atoms with Crippen LogP contribution in [0.5, 0.6) is 0 Å². The number of rotatable bonds is 5. The molecule has 9 heteroatoms. The number of amides is 1. The number of aryl methyl sites for hydroxylation is 1. The number of carbonyl (C=O) groups is 1. The molecule has 1 amide bonds. The molecule has 0 unspecified atom stereocenters. The number of ether oxygens (including phenoxy) is 1. The maximum atomic E-state index is 14.0. The number of morpholine rings is 1. The van der Waals surface area contributed by atoms with Crippen LogP contribution in [-0.4, -0.2) is 77.0 Å². The first-order chi connectivity index (χ1) is 13.4. The first-order valence-corrected chi connectivity index (χ1v) is 9.89. The number of H-pyrrole nitrogens is 1. The van der Waals surface area contributed by atoms with Crippen LogP contribution < -0.4 is 0 Å². The van der Waals surface area contributed by atoms with Crippen molar-refractivity contribution in [2.45, 2.75) is 31.2 Å². The van der Waals surface area contributed by atoms with E-state index in [1.54, 1.807) is 18.2 Å². The van der Waals surface area contributed by atoms with E-state index in [9.17, 15) is 13.6 Å². The standard InChI is InChI=1S/C19H23ClF2N4O2/c20-13-1-2-15-16(9-13)24-17(23-15)3-4-18(27)26-12-19(21,22)10-14(26)11-25-5-7-28-8-6-25/h1-2,9,14H,3-8,10-12H2,(H,23,24)/t14-/m0/s1. The van der Waals surface area contributed by atoms with Gasteiger partial charge in [-0.15, -0.1) is 0 Å². The lowest BCUT2D eigenvalue weighted by molar-refractivity contribution is -0.133. The van der Waals surface area contributed by atoms with Crippen LogP contribution in [0.25, 0.3) is 11.0 Å². The second kappa shape index (κ2) is 7.93. The Kier molecular flexibility index (Phi) is 5.53. The topological polar surface area (TPSA) is 61.5 Å². The Bertz CT molecular complexity index is 854. The fourth-order valence-electron chi connectivity index (χ4n) is 3.96. The maximum absolute atomic E-state index is 14.0. The molecule has 1 N–H and O–H groups in total. The van der Waals surface area contributed by atoms with Crippen molar-refractivity contribution in [1.29, 1.82) is 0 Å². The number of hydrogen-bond donors (Lipinski definition) is 1. The van der Waals surface area contributed by atoms with Crippen LogP contribution in [0.15, 0.2) is 18.2 Å². The first-order valence-electron chi connectivity index (χ1n) is 9.51. The van der Waals surface area contributed by atoms with Crippen molar-refractivity contribution in [2.24, 2.45) is 0 Å². The molecule has 4 rings (SSSR count). The molecule has 0 bridgehead atoms. The molecular weight excluding hydrogens is 390 g/mol. The average Bonchev–Trinajstić information content (AvgIpc) is 3.19. The Morgan fingerprint density at radius 2 is 2.14 bits per heavy atom. The molecule has 2 aromatic rings. The highest BCUT2D eigenvalue weighted by Gasteiger charge is 2.47. The van der Waals surface area contributed by atoms with E-state index in [0.29, 0.717) is 50.1 Å². The lowest BCUT2D eigenvalue weighted by Gasteiger charge is -2.32. The van der Waals surface area contributed by atoms with Crippen molar-refractivity contribution < 1.29 is 18.3 Å². The van der Waals surface area contributed by atoms with Gasteiger partial charge < -0.3 is 14.6 Å². The summed E-state index contributed by atoms with van der Waals surface area (Å²) in [5.41, 5.74) is 1.57. The van der Waals surface area contributed by atoms with Crippen molar-refractivity contribution in [3.8, 4) is 0 Å². The number of imidazole rings is 1. The summed E-state index contributed by atoms with van der Waals surface area (Å²) in [6.45, 7) is 2.60. The quantitative estimate of drug-likeness (QED) is 0.820. The summed E-state index contributed by atoms with van der Waals surface area (Å²) in [5, 5.41) is 0.601. The van der Waals surface area contributed by atoms with E-state index < -0.39 is 18.5 Å². The number of likely N-dealkylation sites (tertiary alicyclic amines) is 1. The molecule has 0 saturated carbocycles. The van der Waals surface area contributed by atoms with E-state index in [2.05, 4.69) is 14.9 Å². The fraction of sp³-hybridized carbons (Fsp3) is 0.579. The van der Waals surface area contributed by atoms with Crippen molar-refractivity contribution in [3.05, 3.63) is 29.0 Å². The third-order valence-corrected chi connectivity index (χ3v) is 5.57. The normalized spacial score (nSPS) is 22.8. The van der Waals surface area contributed by atoms with Gasteiger partial charge in [-0.2, -0.15) is 0 Å². The third kappa shape index (κ3) is 4.45. The molecule has 6 nitrogen and oxygen atoms in total. The number of alkyl halides is 2. The summed E-state index contributed by atoms with van der Waals surface area (Å²) in [6, 6.07) is 4.87. The Morgan fingerprint density at radius 3 is 2.93 bits per heavy atom. The van der Waals surface area contributed by atoms with E-state index in [4.69, 9.17) is 16.3 Å². The van der Waals surface area contributed by atoms with E-state index in [-0.39, 0.29) is 18.7 Å². The second-order valence-electron chi connectivity index (χ2n) is 7.49. The molecule has 0 spiro atoms. The zero-order valence-corrected chi connectivity index (χ0v) is 16.2. The molecule has 1 aromatic heterocycles. The largest absolute Gasteiger partial charge is 0.379 e. The van der Waals surface area contributed by atoms with Crippen molar-refractivity contribution in [2.75, 3.05) is 39.4 Å². The molecule has 1 atom stereocenters. The maximum Gasteiger partial charge on any atom is 0.267 e. The van der Waals surface area contributed by atoms with Crippen LogP contribution in [0.3, 0.4) is 0 Å². The number of hydrogen-bond acceptors (Lipinski definition) is 4. The van der Waals surface area contributed by atoms with Gasteiger partial charge in [-0.3, -0.25) is 9.69 Å². The Balaban J connectivity index is 1.39. The van der Waals surface area contributed by atoms with Gasteiger partial charge in [0.05, 0.1) is 36.8 Å². The lowest BCUT2D eigenvalue weighted by Crippen LogP contribution is -2.46. The van der Waals surface area contributed by atoms with Crippen LogP contribution in [0.2, 0.25) is 5.02 Å². The summed E-state index contributed by atoms with van der Waals surface area (Å²) in [6.07, 6.45) is 0.236. The molecule has 2 aliphatic rings. The first kappa shape index (κ1) is 19.5. The molecule has 2 fully saturated rings. The number of aromatic nitrogens is 2. The van der Waals surface area contributed by atoms with Crippen LogP contribution in [0.4, 0.5) is 8.78 Å². The van der Waals surface area contributed by atoms with E-state index >= 15 is 0 Å². The van der Waals surface area contributed by atoms with E-state index in [1.165, 1.54) is 4.90 Å². The van der Waals surface area contributed by atoms with Gasteiger partial charge in [0.1, 0.15) is 5.82 Å². The molecule has 152 valence electrons. The van der Waals surface area contributed by atoms with Crippen LogP contribution in [0, 0.1) is 0 Å². The van der Waals surface area contributed by atoms with Gasteiger partial charge in [-0.25, -0.2) is 13.8 Å². The summed E-state index contributed by atoms with van der Waals surface area (Å²) in [4.78, 5) is 23.7. The van der Waals surface area contributed by atoms with Gasteiger partial charge in [0.2, 0.25) is 5.91 Å². The lowest BCUT2D eigenvalue weighted by atomic mass is 10.1. The molecule has 2 aliphatic heterocycles. The number of aromatic amines is 1. The van der Waals surface area contributed by atoms with Gasteiger partial charge in [-0.05, 0) is 18.2 Å². The van der Waals surface area contributed by atoms with Crippen molar-refractivity contribution in [1.82, 2.24) is 19.8 Å². The zero-order chi connectivity index (χ0) is 19.7. The van der Waals surface area contributed by atoms with Gasteiger partial charge in [0.15, 0.2) is 0 Å². The summed E-state index contributed by atoms with van der Waals surface area (Å²) >= 11 is 5.97. The van der Waals surface area contributed by atoms with Crippen molar-refractivity contribution in [3.63, 3.8) is 0 Å². The number of fused-ring (bicyclic) bond motifs is 1. The van der Waals surface area contributed by atoms with E-state index in [0.717, 1.165) is 11.0 Å². The Hall–Kier alpha value is -1.77. The number of benzene rings is 1. The molecule has 0 aliphatic carbocycles. The number of halogens is 3. The third-order valence-electron chi connectivity index (χ3n) is 5.34. The summed E-state index contributed by atoms with van der Waals surface area (Å²) in [5.74, 6) is -2.43. The molecule has 28 heavy (non-hydrogen) atoms. The SMILES string of the molecule is O=C(CCc1nc2ccc(Cl)cc2[nH]1)N1CC(F)(F)C[C@H]1CN1CCOCC1. The average molecular weight is 413 g/mol. The predicted octanol–water partition coefficient (Wildman–Crippen LogP) is 2.72. The second-order valence-corrected chi connectivity index (χ2v) is 7.93. The van der Waals surface area contributed by atoms with E-state index in [1.807, 2.05) is 0 Å². The van der Waals surface area contributed by atoms with Crippen LogP contribution >= 0.6 is 11.6 Å². The number of nitrogens with zero attached hydrogens (tertiary/aromatic N) is 3. The fourth-order valence-corrected chi connectivity index (χ4v) is 4.13. The van der Waals surface area contributed by atoms with Crippen LogP contribution in [0.1, 0.15) is 18.7 Å². The predicted molar refractivity (Wildman–Crippen MR) is 102 cm³/mol. The molecule has 3 heterocycles.